The first-order valence-corrected chi connectivity index (χ1v) is 11.5. The summed E-state index contributed by atoms with van der Waals surface area (Å²) >= 11 is 12.4. The van der Waals surface area contributed by atoms with Crippen molar-refractivity contribution >= 4 is 23.2 Å². The molecule has 3 nitrogen and oxygen atoms in total. The highest BCUT2D eigenvalue weighted by atomic mass is 35.5. The minimum Gasteiger partial charge on any atom is -0.388 e. The summed E-state index contributed by atoms with van der Waals surface area (Å²) in [5.41, 5.74) is 2.13. The molecule has 0 saturated carbocycles. The molecule has 0 amide bonds. The van der Waals surface area contributed by atoms with Crippen molar-refractivity contribution in [2.24, 2.45) is 0 Å². The van der Waals surface area contributed by atoms with E-state index >= 15 is 0 Å². The van der Waals surface area contributed by atoms with Gasteiger partial charge in [0.1, 0.15) is 5.82 Å². The molecular weight excluding hydrogens is 458 g/mol. The third-order valence-corrected chi connectivity index (χ3v) is 6.41. The van der Waals surface area contributed by atoms with Crippen LogP contribution in [-0.4, -0.2) is 16.7 Å². The SMILES string of the molecule is C[C@H](N[C@@H](c1ccc(F)cc1Cl)C(C)(C)O)C(Cc1ccc(Cl)cc1)c1cccc(C#N)c1. The number of nitrogens with one attached hydrogen (secondary N) is 1. The molecule has 0 heterocycles. The molecule has 3 aromatic carbocycles. The molecule has 0 aromatic heterocycles. The zero-order valence-corrected chi connectivity index (χ0v) is 20.3. The maximum absolute atomic E-state index is 13.7. The molecule has 33 heavy (non-hydrogen) atoms. The molecule has 0 spiro atoms. The minimum absolute atomic E-state index is 0.0245. The maximum Gasteiger partial charge on any atom is 0.124 e. The largest absolute Gasteiger partial charge is 0.388 e. The van der Waals surface area contributed by atoms with Gasteiger partial charge in [0.2, 0.25) is 0 Å². The van der Waals surface area contributed by atoms with Crippen LogP contribution < -0.4 is 5.32 Å². The van der Waals surface area contributed by atoms with E-state index in [1.165, 1.54) is 12.1 Å². The molecule has 0 bridgehead atoms. The molecule has 0 aliphatic rings. The Kier molecular flexibility index (Phi) is 8.15. The Balaban J connectivity index is 1.98. The van der Waals surface area contributed by atoms with E-state index in [9.17, 15) is 14.8 Å². The van der Waals surface area contributed by atoms with Gasteiger partial charge in [-0.25, -0.2) is 4.39 Å². The number of hydrogen-bond donors (Lipinski definition) is 2. The molecule has 1 unspecified atom stereocenters. The second-order valence-electron chi connectivity index (χ2n) is 8.88. The summed E-state index contributed by atoms with van der Waals surface area (Å²) in [4.78, 5) is 0. The highest BCUT2D eigenvalue weighted by Crippen LogP contribution is 2.34. The van der Waals surface area contributed by atoms with Crippen LogP contribution in [-0.2, 0) is 6.42 Å². The Morgan fingerprint density at radius 1 is 1.06 bits per heavy atom. The molecular formula is C27H27Cl2FN2O. The second kappa shape index (κ2) is 10.7. The Morgan fingerprint density at radius 2 is 1.76 bits per heavy atom. The molecule has 0 aliphatic heterocycles. The number of benzene rings is 3. The number of hydrogen-bond acceptors (Lipinski definition) is 3. The highest BCUT2D eigenvalue weighted by molar-refractivity contribution is 6.31. The van der Waals surface area contributed by atoms with E-state index in [0.717, 1.165) is 11.1 Å². The third-order valence-electron chi connectivity index (χ3n) is 5.83. The predicted octanol–water partition coefficient (Wildman–Crippen LogP) is 6.82. The average molecular weight is 485 g/mol. The zero-order chi connectivity index (χ0) is 24.2. The van der Waals surface area contributed by atoms with Crippen LogP contribution in [0.15, 0.2) is 66.7 Å². The smallest absolute Gasteiger partial charge is 0.124 e. The van der Waals surface area contributed by atoms with E-state index in [0.29, 0.717) is 22.6 Å². The topological polar surface area (TPSA) is 56.0 Å². The molecule has 2 N–H and O–H groups in total. The van der Waals surface area contributed by atoms with Crippen molar-refractivity contribution in [2.45, 2.75) is 50.8 Å². The van der Waals surface area contributed by atoms with E-state index in [1.54, 1.807) is 26.0 Å². The summed E-state index contributed by atoms with van der Waals surface area (Å²) in [6.45, 7) is 5.43. The molecule has 3 rings (SSSR count). The van der Waals surface area contributed by atoms with Gasteiger partial charge >= 0.3 is 0 Å². The van der Waals surface area contributed by atoms with Gasteiger partial charge in [-0.1, -0.05) is 53.5 Å². The van der Waals surface area contributed by atoms with Crippen molar-refractivity contribution in [3.8, 4) is 6.07 Å². The van der Waals surface area contributed by atoms with Crippen molar-refractivity contribution < 1.29 is 9.50 Å². The lowest BCUT2D eigenvalue weighted by atomic mass is 9.83. The molecule has 172 valence electrons. The summed E-state index contributed by atoms with van der Waals surface area (Å²) in [7, 11) is 0. The lowest BCUT2D eigenvalue weighted by Crippen LogP contribution is -2.45. The number of aliphatic hydroxyl groups is 1. The van der Waals surface area contributed by atoms with Crippen molar-refractivity contribution in [3.05, 3.63) is 105 Å². The number of nitriles is 1. The molecule has 3 atom stereocenters. The van der Waals surface area contributed by atoms with Crippen LogP contribution in [0.1, 0.15) is 55.0 Å². The first kappa shape index (κ1) is 25.2. The molecule has 6 heteroatoms. The van der Waals surface area contributed by atoms with Crippen molar-refractivity contribution in [2.75, 3.05) is 0 Å². The van der Waals surface area contributed by atoms with Gasteiger partial charge in [0.05, 0.1) is 23.3 Å². The minimum atomic E-state index is -1.17. The van der Waals surface area contributed by atoms with Crippen LogP contribution in [0.4, 0.5) is 4.39 Å². The molecule has 0 radical (unpaired) electrons. The number of halogens is 3. The van der Waals surface area contributed by atoms with Crippen molar-refractivity contribution in [3.63, 3.8) is 0 Å². The van der Waals surface area contributed by atoms with E-state index < -0.39 is 17.5 Å². The Hall–Kier alpha value is -2.42. The average Bonchev–Trinajstić information content (AvgIpc) is 2.76. The fraction of sp³-hybridized carbons (Fsp3) is 0.296. The first-order chi connectivity index (χ1) is 15.6. The summed E-state index contributed by atoms with van der Waals surface area (Å²) in [5.74, 6) is -0.455. The standard InChI is InChI=1S/C27H27Cl2FN2O/c1-17(32-26(27(2,3)33)23-12-11-22(30)15-25(23)29)24(14-18-7-9-21(28)10-8-18)20-6-4-5-19(13-20)16-31/h4-13,15,17,24,26,32-33H,14H2,1-3H3/t17-,24?,26-/m0/s1. The molecule has 0 fully saturated rings. The fourth-order valence-corrected chi connectivity index (χ4v) is 4.49. The summed E-state index contributed by atoms with van der Waals surface area (Å²) < 4.78 is 13.7. The van der Waals surface area contributed by atoms with Crippen LogP contribution in [0, 0.1) is 17.1 Å². The van der Waals surface area contributed by atoms with E-state index in [4.69, 9.17) is 23.2 Å². The van der Waals surface area contributed by atoms with Gasteiger partial charge in [-0.3, -0.25) is 0 Å². The summed E-state index contributed by atoms with van der Waals surface area (Å²) in [6.07, 6.45) is 0.690. The Bertz CT molecular complexity index is 1140. The van der Waals surface area contributed by atoms with Gasteiger partial charge < -0.3 is 10.4 Å². The van der Waals surface area contributed by atoms with Crippen LogP contribution in [0.3, 0.4) is 0 Å². The molecule has 0 aliphatic carbocycles. The monoisotopic (exact) mass is 484 g/mol. The predicted molar refractivity (Wildman–Crippen MR) is 132 cm³/mol. The first-order valence-electron chi connectivity index (χ1n) is 10.8. The Morgan fingerprint density at radius 3 is 2.36 bits per heavy atom. The zero-order valence-electron chi connectivity index (χ0n) is 18.8. The normalized spacial score (nSPS) is 14.4. The van der Waals surface area contributed by atoms with Crippen LogP contribution in [0.5, 0.6) is 0 Å². The lowest BCUT2D eigenvalue weighted by Gasteiger charge is -2.36. The van der Waals surface area contributed by atoms with Crippen LogP contribution in [0.25, 0.3) is 0 Å². The van der Waals surface area contributed by atoms with E-state index in [-0.39, 0.29) is 17.0 Å². The maximum atomic E-state index is 13.7. The quantitative estimate of drug-likeness (QED) is 0.368. The van der Waals surface area contributed by atoms with Crippen molar-refractivity contribution in [1.82, 2.24) is 5.32 Å². The van der Waals surface area contributed by atoms with Crippen LogP contribution in [0.2, 0.25) is 10.0 Å². The number of nitrogens with zero attached hydrogens (tertiary/aromatic N) is 1. The van der Waals surface area contributed by atoms with E-state index in [1.807, 2.05) is 49.4 Å². The lowest BCUT2D eigenvalue weighted by molar-refractivity contribution is 0.0316. The summed E-state index contributed by atoms with van der Waals surface area (Å²) in [5, 5.41) is 24.8. The van der Waals surface area contributed by atoms with Gasteiger partial charge in [-0.15, -0.1) is 0 Å². The van der Waals surface area contributed by atoms with E-state index in [2.05, 4.69) is 11.4 Å². The summed E-state index contributed by atoms with van der Waals surface area (Å²) in [6, 6.07) is 21.0. The number of rotatable bonds is 8. The van der Waals surface area contributed by atoms with Gasteiger partial charge in [0.25, 0.3) is 0 Å². The Labute approximate surface area is 204 Å². The van der Waals surface area contributed by atoms with Gasteiger partial charge in [-0.2, -0.15) is 5.26 Å². The van der Waals surface area contributed by atoms with Crippen LogP contribution >= 0.6 is 23.2 Å². The van der Waals surface area contributed by atoms with Crippen molar-refractivity contribution in [1.29, 1.82) is 5.26 Å². The van der Waals surface area contributed by atoms with Gasteiger partial charge in [0, 0.05) is 22.0 Å². The third kappa shape index (κ3) is 6.56. The fourth-order valence-electron chi connectivity index (χ4n) is 4.09. The second-order valence-corrected chi connectivity index (χ2v) is 9.73. The van der Waals surface area contributed by atoms with Gasteiger partial charge in [-0.05, 0) is 80.3 Å². The van der Waals surface area contributed by atoms with Gasteiger partial charge in [0.15, 0.2) is 0 Å². The molecule has 0 saturated heterocycles. The molecule has 3 aromatic rings. The highest BCUT2D eigenvalue weighted by Gasteiger charge is 2.33.